The molecule has 2 amide bonds. The Labute approximate surface area is 190 Å². The molecule has 0 bridgehead atoms. The standard InChI is InChI=1S/C25H31N5O2/c26-14-7-16-30(23-10-5-2-6-11-23)25(32)13-12-24(31)27-15-17-28-18-20-29(21-19-28)22-8-3-1-4-9-22/h1-6,8-11H,7,12-13,15-21H2,(H,27,31). The number of carbonyl (C=O) groups is 2. The maximum Gasteiger partial charge on any atom is 0.227 e. The fraction of sp³-hybridized carbons (Fsp3) is 0.400. The molecule has 0 aliphatic carbocycles. The summed E-state index contributed by atoms with van der Waals surface area (Å²) in [6, 6.07) is 21.8. The van der Waals surface area contributed by atoms with E-state index in [4.69, 9.17) is 5.26 Å². The molecular weight excluding hydrogens is 402 g/mol. The van der Waals surface area contributed by atoms with Crippen molar-refractivity contribution in [1.82, 2.24) is 10.2 Å². The largest absolute Gasteiger partial charge is 0.369 e. The van der Waals surface area contributed by atoms with Gasteiger partial charge in [-0.2, -0.15) is 5.26 Å². The fourth-order valence-electron chi connectivity index (χ4n) is 3.83. The van der Waals surface area contributed by atoms with Crippen molar-refractivity contribution in [2.75, 3.05) is 55.6 Å². The lowest BCUT2D eigenvalue weighted by molar-refractivity contribution is -0.125. The van der Waals surface area contributed by atoms with E-state index in [0.29, 0.717) is 13.1 Å². The van der Waals surface area contributed by atoms with Crippen molar-refractivity contribution >= 4 is 23.2 Å². The first kappa shape index (κ1) is 23.3. The quantitative estimate of drug-likeness (QED) is 0.623. The molecule has 1 aliphatic rings. The molecule has 168 valence electrons. The van der Waals surface area contributed by atoms with E-state index in [1.54, 1.807) is 4.90 Å². The van der Waals surface area contributed by atoms with Crippen molar-refractivity contribution in [3.63, 3.8) is 0 Å². The zero-order valence-electron chi connectivity index (χ0n) is 18.4. The van der Waals surface area contributed by atoms with E-state index in [-0.39, 0.29) is 31.1 Å². The van der Waals surface area contributed by atoms with Crippen molar-refractivity contribution in [3.8, 4) is 6.07 Å². The van der Waals surface area contributed by atoms with Crippen LogP contribution in [0.3, 0.4) is 0 Å². The zero-order chi connectivity index (χ0) is 22.6. The second kappa shape index (κ2) is 12.5. The second-order valence-electron chi connectivity index (χ2n) is 7.80. The summed E-state index contributed by atoms with van der Waals surface area (Å²) in [6.07, 6.45) is 0.531. The number of nitriles is 1. The Hall–Kier alpha value is -3.37. The molecule has 1 heterocycles. The molecule has 32 heavy (non-hydrogen) atoms. The summed E-state index contributed by atoms with van der Waals surface area (Å²) >= 11 is 0. The Morgan fingerprint density at radius 1 is 0.938 bits per heavy atom. The fourth-order valence-corrected chi connectivity index (χ4v) is 3.83. The van der Waals surface area contributed by atoms with Crippen molar-refractivity contribution in [2.45, 2.75) is 19.3 Å². The molecule has 0 aromatic heterocycles. The molecule has 2 aromatic rings. The van der Waals surface area contributed by atoms with Crippen LogP contribution in [0.4, 0.5) is 11.4 Å². The van der Waals surface area contributed by atoms with Crippen LogP contribution in [0.15, 0.2) is 60.7 Å². The van der Waals surface area contributed by atoms with E-state index in [9.17, 15) is 9.59 Å². The van der Waals surface area contributed by atoms with E-state index in [0.717, 1.165) is 38.4 Å². The average molecular weight is 434 g/mol. The van der Waals surface area contributed by atoms with Gasteiger partial charge in [-0.3, -0.25) is 14.5 Å². The summed E-state index contributed by atoms with van der Waals surface area (Å²) in [5, 5.41) is 11.8. The zero-order valence-corrected chi connectivity index (χ0v) is 18.4. The number of hydrogen-bond donors (Lipinski definition) is 1. The molecule has 3 rings (SSSR count). The first-order valence-electron chi connectivity index (χ1n) is 11.2. The summed E-state index contributed by atoms with van der Waals surface area (Å²) in [5.74, 6) is -0.256. The van der Waals surface area contributed by atoms with Gasteiger partial charge in [0.25, 0.3) is 0 Å². The van der Waals surface area contributed by atoms with Crippen LogP contribution in [-0.2, 0) is 9.59 Å². The van der Waals surface area contributed by atoms with Crippen LogP contribution in [0, 0.1) is 11.3 Å². The van der Waals surface area contributed by atoms with Gasteiger partial charge in [-0.25, -0.2) is 0 Å². The van der Waals surface area contributed by atoms with E-state index in [1.807, 2.05) is 36.4 Å². The minimum atomic E-state index is -0.140. The van der Waals surface area contributed by atoms with Gasteiger partial charge in [-0.1, -0.05) is 36.4 Å². The molecule has 0 spiro atoms. The van der Waals surface area contributed by atoms with Gasteiger partial charge in [-0.05, 0) is 24.3 Å². The van der Waals surface area contributed by atoms with E-state index < -0.39 is 0 Å². The third-order valence-corrected chi connectivity index (χ3v) is 5.63. The summed E-state index contributed by atoms with van der Waals surface area (Å²) < 4.78 is 0. The highest BCUT2D eigenvalue weighted by atomic mass is 16.2. The van der Waals surface area contributed by atoms with Crippen LogP contribution < -0.4 is 15.1 Å². The number of amides is 2. The van der Waals surface area contributed by atoms with Crippen molar-refractivity contribution < 1.29 is 9.59 Å². The first-order chi connectivity index (χ1) is 15.7. The highest BCUT2D eigenvalue weighted by molar-refractivity contribution is 5.95. The monoisotopic (exact) mass is 433 g/mol. The Morgan fingerprint density at radius 2 is 1.59 bits per heavy atom. The van der Waals surface area contributed by atoms with Crippen LogP contribution in [-0.4, -0.2) is 62.5 Å². The first-order valence-corrected chi connectivity index (χ1v) is 11.2. The van der Waals surface area contributed by atoms with Gasteiger partial charge in [0.2, 0.25) is 11.8 Å². The Balaban J connectivity index is 1.35. The van der Waals surface area contributed by atoms with Crippen molar-refractivity contribution in [1.29, 1.82) is 5.26 Å². The number of carbonyl (C=O) groups excluding carboxylic acids is 2. The van der Waals surface area contributed by atoms with Crippen LogP contribution in [0.25, 0.3) is 0 Å². The summed E-state index contributed by atoms with van der Waals surface area (Å²) in [7, 11) is 0. The summed E-state index contributed by atoms with van der Waals surface area (Å²) in [4.78, 5) is 31.2. The normalized spacial score (nSPS) is 13.9. The molecule has 1 fully saturated rings. The van der Waals surface area contributed by atoms with E-state index in [1.165, 1.54) is 5.69 Å². The predicted octanol–water partition coefficient (Wildman–Crippen LogP) is 2.65. The maximum atomic E-state index is 12.6. The molecule has 0 saturated carbocycles. The van der Waals surface area contributed by atoms with Gasteiger partial charge in [0.15, 0.2) is 0 Å². The molecule has 1 aliphatic heterocycles. The minimum Gasteiger partial charge on any atom is -0.369 e. The molecule has 1 N–H and O–H groups in total. The van der Waals surface area contributed by atoms with Gasteiger partial charge in [-0.15, -0.1) is 0 Å². The van der Waals surface area contributed by atoms with E-state index >= 15 is 0 Å². The maximum absolute atomic E-state index is 12.6. The predicted molar refractivity (Wildman–Crippen MR) is 126 cm³/mol. The lowest BCUT2D eigenvalue weighted by Crippen LogP contribution is -2.48. The molecule has 2 aromatic carbocycles. The van der Waals surface area contributed by atoms with Crippen molar-refractivity contribution in [2.24, 2.45) is 0 Å². The number of nitrogens with one attached hydrogen (secondary N) is 1. The number of anilines is 2. The molecule has 7 nitrogen and oxygen atoms in total. The van der Waals surface area contributed by atoms with Gasteiger partial charge in [0.1, 0.15) is 0 Å². The van der Waals surface area contributed by atoms with Crippen LogP contribution >= 0.6 is 0 Å². The molecule has 0 unspecified atom stereocenters. The third kappa shape index (κ3) is 7.10. The number of benzene rings is 2. The molecular formula is C25H31N5O2. The van der Waals surface area contributed by atoms with E-state index in [2.05, 4.69) is 45.5 Å². The Kier molecular flexibility index (Phi) is 9.08. The molecule has 1 saturated heterocycles. The summed E-state index contributed by atoms with van der Waals surface area (Å²) in [6.45, 7) is 5.60. The van der Waals surface area contributed by atoms with Crippen LogP contribution in [0.5, 0.6) is 0 Å². The van der Waals surface area contributed by atoms with Crippen molar-refractivity contribution in [3.05, 3.63) is 60.7 Å². The Bertz CT molecular complexity index is 890. The lowest BCUT2D eigenvalue weighted by atomic mass is 10.2. The SMILES string of the molecule is N#CCCN(C(=O)CCC(=O)NCCN1CCN(c2ccccc2)CC1)c1ccccc1. The highest BCUT2D eigenvalue weighted by Gasteiger charge is 2.18. The smallest absolute Gasteiger partial charge is 0.227 e. The average Bonchev–Trinajstić information content (AvgIpc) is 2.84. The highest BCUT2D eigenvalue weighted by Crippen LogP contribution is 2.16. The van der Waals surface area contributed by atoms with Crippen LogP contribution in [0.1, 0.15) is 19.3 Å². The number of para-hydroxylation sites is 2. The molecule has 0 radical (unpaired) electrons. The second-order valence-corrected chi connectivity index (χ2v) is 7.80. The molecule has 7 heteroatoms. The molecule has 0 atom stereocenters. The lowest BCUT2D eigenvalue weighted by Gasteiger charge is -2.36. The number of piperazine rings is 1. The number of rotatable bonds is 10. The number of hydrogen-bond acceptors (Lipinski definition) is 5. The van der Waals surface area contributed by atoms with Gasteiger partial charge >= 0.3 is 0 Å². The van der Waals surface area contributed by atoms with Gasteiger partial charge in [0, 0.05) is 70.0 Å². The minimum absolute atomic E-state index is 0.116. The summed E-state index contributed by atoms with van der Waals surface area (Å²) in [5.41, 5.74) is 2.01. The Morgan fingerprint density at radius 3 is 2.25 bits per heavy atom. The van der Waals surface area contributed by atoms with Crippen LogP contribution in [0.2, 0.25) is 0 Å². The van der Waals surface area contributed by atoms with Gasteiger partial charge < -0.3 is 15.1 Å². The van der Waals surface area contributed by atoms with Gasteiger partial charge in [0.05, 0.1) is 12.5 Å². The number of nitrogens with zero attached hydrogens (tertiary/aromatic N) is 4. The third-order valence-electron chi connectivity index (χ3n) is 5.63. The topological polar surface area (TPSA) is 79.7 Å².